The predicted molar refractivity (Wildman–Crippen MR) is 26.1 cm³/mol. The van der Waals surface area contributed by atoms with Gasteiger partial charge < -0.3 is 14.6 Å². The average Bonchev–Trinajstić information content (AvgIpc) is 1.66. The Morgan fingerprint density at radius 2 is 2.22 bits per heavy atom. The minimum atomic E-state index is -1.15. The standard InChI is InChI=1S/C5H10O3.Na/c1-2-3-8-4-5(6)7;/h2-4H2,1H3,(H,6,7);/q;+1/p-1. The molecule has 0 aliphatic carbocycles. The Balaban J connectivity index is 0. The summed E-state index contributed by atoms with van der Waals surface area (Å²) in [7, 11) is 0. The summed E-state index contributed by atoms with van der Waals surface area (Å²) in [6, 6.07) is 0. The molecule has 0 fully saturated rings. The number of aliphatic carboxylic acids is 1. The molecular weight excluding hydrogens is 131 g/mol. The fourth-order valence-corrected chi connectivity index (χ4v) is 0.300. The zero-order valence-electron chi connectivity index (χ0n) is 5.85. The van der Waals surface area contributed by atoms with Crippen molar-refractivity contribution in [1.82, 2.24) is 0 Å². The van der Waals surface area contributed by atoms with Crippen LogP contribution in [0, 0.1) is 0 Å². The van der Waals surface area contributed by atoms with Crippen LogP contribution in [-0.2, 0) is 9.53 Å². The molecule has 0 saturated carbocycles. The van der Waals surface area contributed by atoms with E-state index in [-0.39, 0.29) is 36.2 Å². The van der Waals surface area contributed by atoms with E-state index >= 15 is 0 Å². The number of ether oxygens (including phenoxy) is 1. The van der Waals surface area contributed by atoms with E-state index in [1.54, 1.807) is 0 Å². The van der Waals surface area contributed by atoms with Gasteiger partial charge in [0.2, 0.25) is 0 Å². The van der Waals surface area contributed by atoms with Gasteiger partial charge in [0.25, 0.3) is 0 Å². The molecular formula is C5H9NaO3. The van der Waals surface area contributed by atoms with Crippen LogP contribution in [-0.4, -0.2) is 19.2 Å². The van der Waals surface area contributed by atoms with Crippen molar-refractivity contribution in [2.75, 3.05) is 13.2 Å². The number of carbonyl (C=O) groups excluding carboxylic acids is 1. The first-order valence-electron chi connectivity index (χ1n) is 2.55. The van der Waals surface area contributed by atoms with Crippen molar-refractivity contribution in [2.24, 2.45) is 0 Å². The third kappa shape index (κ3) is 11.8. The summed E-state index contributed by atoms with van der Waals surface area (Å²) in [5, 5.41) is 9.64. The van der Waals surface area contributed by atoms with E-state index in [0.717, 1.165) is 6.42 Å². The Hall–Kier alpha value is 0.430. The van der Waals surface area contributed by atoms with E-state index < -0.39 is 5.97 Å². The molecule has 0 aliphatic heterocycles. The zero-order chi connectivity index (χ0) is 6.41. The van der Waals surface area contributed by atoms with E-state index in [1.165, 1.54) is 0 Å². The number of carboxylic acid groups (broad SMARTS) is 1. The summed E-state index contributed by atoms with van der Waals surface area (Å²) < 4.78 is 4.58. The van der Waals surface area contributed by atoms with Gasteiger partial charge >= 0.3 is 29.6 Å². The van der Waals surface area contributed by atoms with Gasteiger partial charge in [-0.05, 0) is 6.42 Å². The monoisotopic (exact) mass is 140 g/mol. The normalized spacial score (nSPS) is 8.11. The third-order valence-electron chi connectivity index (χ3n) is 0.568. The quantitative estimate of drug-likeness (QED) is 0.297. The number of carboxylic acids is 1. The minimum absolute atomic E-state index is 0. The predicted octanol–water partition coefficient (Wildman–Crippen LogP) is -3.83. The molecule has 0 amide bonds. The van der Waals surface area contributed by atoms with Crippen molar-refractivity contribution in [3.8, 4) is 0 Å². The van der Waals surface area contributed by atoms with Crippen molar-refractivity contribution in [3.63, 3.8) is 0 Å². The van der Waals surface area contributed by atoms with Gasteiger partial charge in [-0.25, -0.2) is 0 Å². The Kier molecular flexibility index (Phi) is 11.4. The van der Waals surface area contributed by atoms with Gasteiger partial charge in [-0.2, -0.15) is 0 Å². The SMILES string of the molecule is CCCOCC(=O)[O-].[Na+]. The smallest absolute Gasteiger partial charge is 0.548 e. The van der Waals surface area contributed by atoms with Crippen molar-refractivity contribution in [1.29, 1.82) is 0 Å². The summed E-state index contributed by atoms with van der Waals surface area (Å²) >= 11 is 0. The van der Waals surface area contributed by atoms with Crippen molar-refractivity contribution in [2.45, 2.75) is 13.3 Å². The Labute approximate surface area is 76.7 Å². The fraction of sp³-hybridized carbons (Fsp3) is 0.800. The van der Waals surface area contributed by atoms with Crippen LogP contribution in [0.5, 0.6) is 0 Å². The van der Waals surface area contributed by atoms with Gasteiger partial charge in [-0.15, -0.1) is 0 Å². The molecule has 0 heterocycles. The van der Waals surface area contributed by atoms with Crippen LogP contribution in [0.2, 0.25) is 0 Å². The second kappa shape index (κ2) is 8.43. The first-order chi connectivity index (χ1) is 3.77. The molecule has 0 saturated heterocycles. The van der Waals surface area contributed by atoms with Crippen LogP contribution >= 0.6 is 0 Å². The summed E-state index contributed by atoms with van der Waals surface area (Å²) in [5.74, 6) is -1.15. The first kappa shape index (κ1) is 12.1. The van der Waals surface area contributed by atoms with Crippen LogP contribution in [0.25, 0.3) is 0 Å². The molecule has 0 aromatic rings. The summed E-state index contributed by atoms with van der Waals surface area (Å²) in [5.41, 5.74) is 0. The molecule has 0 N–H and O–H groups in total. The van der Waals surface area contributed by atoms with Crippen LogP contribution < -0.4 is 34.7 Å². The molecule has 0 aromatic carbocycles. The van der Waals surface area contributed by atoms with Crippen LogP contribution in [0.15, 0.2) is 0 Å². The Morgan fingerprint density at radius 3 is 2.56 bits per heavy atom. The van der Waals surface area contributed by atoms with Crippen LogP contribution in [0.4, 0.5) is 0 Å². The summed E-state index contributed by atoms with van der Waals surface area (Å²) in [6.45, 7) is 2.12. The molecule has 0 atom stereocenters. The third-order valence-corrected chi connectivity index (χ3v) is 0.568. The maximum absolute atomic E-state index is 9.64. The number of carbonyl (C=O) groups is 1. The molecule has 0 bridgehead atoms. The van der Waals surface area contributed by atoms with Gasteiger partial charge in [0.1, 0.15) is 0 Å². The van der Waals surface area contributed by atoms with Gasteiger partial charge in [-0.3, -0.25) is 0 Å². The maximum Gasteiger partial charge on any atom is 1.00 e. The van der Waals surface area contributed by atoms with E-state index in [1.807, 2.05) is 6.92 Å². The van der Waals surface area contributed by atoms with Gasteiger partial charge in [0.15, 0.2) is 0 Å². The molecule has 48 valence electrons. The molecule has 3 nitrogen and oxygen atoms in total. The van der Waals surface area contributed by atoms with E-state index in [9.17, 15) is 9.90 Å². The van der Waals surface area contributed by atoms with Gasteiger partial charge in [-0.1, -0.05) is 6.92 Å². The van der Waals surface area contributed by atoms with Crippen molar-refractivity contribution < 1.29 is 44.2 Å². The van der Waals surface area contributed by atoms with E-state index in [0.29, 0.717) is 6.61 Å². The van der Waals surface area contributed by atoms with E-state index in [2.05, 4.69) is 4.74 Å². The Morgan fingerprint density at radius 1 is 1.67 bits per heavy atom. The number of hydrogen-bond acceptors (Lipinski definition) is 3. The molecule has 0 radical (unpaired) electrons. The molecule has 0 unspecified atom stereocenters. The molecule has 0 spiro atoms. The van der Waals surface area contributed by atoms with Gasteiger partial charge in [0, 0.05) is 6.61 Å². The van der Waals surface area contributed by atoms with Gasteiger partial charge in [0.05, 0.1) is 12.6 Å². The maximum atomic E-state index is 9.64. The largest absolute Gasteiger partial charge is 1.00 e. The fourth-order valence-electron chi connectivity index (χ4n) is 0.300. The zero-order valence-corrected chi connectivity index (χ0v) is 7.85. The second-order valence-electron chi connectivity index (χ2n) is 1.42. The average molecular weight is 140 g/mol. The van der Waals surface area contributed by atoms with Crippen molar-refractivity contribution in [3.05, 3.63) is 0 Å². The second-order valence-corrected chi connectivity index (χ2v) is 1.42. The summed E-state index contributed by atoms with van der Waals surface area (Å²) in [4.78, 5) is 9.64. The van der Waals surface area contributed by atoms with E-state index in [4.69, 9.17) is 0 Å². The minimum Gasteiger partial charge on any atom is -0.548 e. The molecule has 4 heteroatoms. The Bertz CT molecular complexity index is 74.6. The van der Waals surface area contributed by atoms with Crippen LogP contribution in [0.3, 0.4) is 0 Å². The first-order valence-corrected chi connectivity index (χ1v) is 2.55. The number of rotatable bonds is 4. The number of hydrogen-bond donors (Lipinski definition) is 0. The molecule has 9 heavy (non-hydrogen) atoms. The molecule has 0 aliphatic rings. The molecule has 0 aromatic heterocycles. The van der Waals surface area contributed by atoms with Crippen LogP contribution in [0.1, 0.15) is 13.3 Å². The molecule has 0 rings (SSSR count). The topological polar surface area (TPSA) is 49.4 Å². The summed E-state index contributed by atoms with van der Waals surface area (Å²) in [6.07, 6.45) is 0.841. The van der Waals surface area contributed by atoms with Crippen molar-refractivity contribution >= 4 is 5.97 Å².